The minimum Gasteiger partial charge on any atom is -0.333 e. The summed E-state index contributed by atoms with van der Waals surface area (Å²) in [6.07, 6.45) is 1.14. The van der Waals surface area contributed by atoms with E-state index in [1.807, 2.05) is 12.1 Å². The second-order valence-corrected chi connectivity index (χ2v) is 9.64. The van der Waals surface area contributed by atoms with Crippen molar-refractivity contribution in [3.05, 3.63) is 83.4 Å². The number of benzene rings is 3. The van der Waals surface area contributed by atoms with Gasteiger partial charge in [-0.25, -0.2) is 0 Å². The minimum absolute atomic E-state index is 0. The first-order valence-electron chi connectivity index (χ1n) is 10.4. The van der Waals surface area contributed by atoms with Crippen LogP contribution in [-0.2, 0) is 30.9 Å². The maximum absolute atomic E-state index is 5.14. The molecular formula is C27H27IrN2-. The molecule has 3 aromatic carbocycles. The Balaban J connectivity index is 0.00000218. The van der Waals surface area contributed by atoms with Crippen molar-refractivity contribution in [1.82, 2.24) is 9.55 Å². The fraction of sp³-hybridized carbons (Fsp3) is 0.296. The fourth-order valence-electron chi connectivity index (χ4n) is 5.73. The molecule has 1 aliphatic rings. The summed E-state index contributed by atoms with van der Waals surface area (Å²) in [4.78, 5) is 5.14. The van der Waals surface area contributed by atoms with Crippen molar-refractivity contribution in [3.63, 3.8) is 0 Å². The Labute approximate surface area is 192 Å². The summed E-state index contributed by atoms with van der Waals surface area (Å²) in [5.41, 5.74) is 9.04. The number of aromatic nitrogens is 2. The average molecular weight is 572 g/mol. The molecule has 1 heterocycles. The molecule has 0 bridgehead atoms. The van der Waals surface area contributed by atoms with Crippen molar-refractivity contribution < 1.29 is 20.1 Å². The van der Waals surface area contributed by atoms with Crippen LogP contribution in [-0.4, -0.2) is 9.55 Å². The van der Waals surface area contributed by atoms with E-state index in [2.05, 4.69) is 93.8 Å². The van der Waals surface area contributed by atoms with Crippen LogP contribution in [0.15, 0.2) is 60.7 Å². The van der Waals surface area contributed by atoms with Gasteiger partial charge in [-0.2, -0.15) is 0 Å². The zero-order valence-corrected chi connectivity index (χ0v) is 20.6. The molecule has 1 radical (unpaired) electrons. The van der Waals surface area contributed by atoms with E-state index in [1.165, 1.54) is 22.2 Å². The Kier molecular flexibility index (Phi) is 5.03. The van der Waals surface area contributed by atoms with E-state index < -0.39 is 0 Å². The molecule has 0 aliphatic heterocycles. The predicted octanol–water partition coefficient (Wildman–Crippen LogP) is 6.76. The van der Waals surface area contributed by atoms with Crippen molar-refractivity contribution in [2.45, 2.75) is 51.9 Å². The molecule has 1 aromatic heterocycles. The molecule has 0 N–H and O–H groups in total. The summed E-state index contributed by atoms with van der Waals surface area (Å²) in [7, 11) is 0. The fourth-order valence-corrected chi connectivity index (χ4v) is 5.73. The molecule has 2 nitrogen and oxygen atoms in total. The van der Waals surface area contributed by atoms with Gasteiger partial charge in [-0.15, -0.1) is 35.9 Å². The van der Waals surface area contributed by atoms with Gasteiger partial charge in [0.05, 0.1) is 16.9 Å². The number of fused-ring (bicyclic) bond motifs is 3. The predicted molar refractivity (Wildman–Crippen MR) is 121 cm³/mol. The van der Waals surface area contributed by atoms with Gasteiger partial charge in [0, 0.05) is 25.8 Å². The van der Waals surface area contributed by atoms with Crippen LogP contribution in [0, 0.1) is 13.0 Å². The molecule has 5 rings (SSSR count). The summed E-state index contributed by atoms with van der Waals surface area (Å²) in [6, 6.07) is 24.4. The number of imidazole rings is 1. The molecule has 0 unspecified atom stereocenters. The Hall–Kier alpha value is -2.22. The molecule has 3 heteroatoms. The van der Waals surface area contributed by atoms with Gasteiger partial charge in [-0.1, -0.05) is 45.9 Å². The van der Waals surface area contributed by atoms with E-state index in [4.69, 9.17) is 4.98 Å². The first-order chi connectivity index (χ1) is 13.8. The smallest absolute Gasteiger partial charge is 0.0780 e. The van der Waals surface area contributed by atoms with E-state index in [-0.39, 0.29) is 30.9 Å². The number of para-hydroxylation sites is 1. The maximum Gasteiger partial charge on any atom is 0.0780 e. The van der Waals surface area contributed by atoms with Crippen LogP contribution in [0.25, 0.3) is 28.1 Å². The van der Waals surface area contributed by atoms with Crippen molar-refractivity contribution >= 4 is 11.0 Å². The molecule has 1 aliphatic carbocycles. The van der Waals surface area contributed by atoms with Gasteiger partial charge in [0.25, 0.3) is 0 Å². The molecule has 4 aromatic rings. The van der Waals surface area contributed by atoms with E-state index in [1.54, 1.807) is 0 Å². The van der Waals surface area contributed by atoms with Gasteiger partial charge in [0.15, 0.2) is 0 Å². The topological polar surface area (TPSA) is 17.8 Å². The second kappa shape index (κ2) is 7.18. The number of rotatable bonds is 2. The first-order valence-corrected chi connectivity index (χ1v) is 10.4. The standard InChI is InChI=1S/C27H27N2.Ir/c1-18-16-21-24(23-22(18)26(2,3)17-27(23,4)5)29(20-14-10-7-11-15-20)25(28-21)19-12-8-6-9-13-19;/h6-12,14-16H,17H2,1-5H3;/q-1;. The van der Waals surface area contributed by atoms with Crippen LogP contribution >= 0.6 is 0 Å². The molecule has 0 saturated heterocycles. The zero-order valence-electron chi connectivity index (χ0n) is 18.2. The van der Waals surface area contributed by atoms with Gasteiger partial charge in [-0.05, 0) is 59.1 Å². The molecular weight excluding hydrogens is 545 g/mol. The van der Waals surface area contributed by atoms with Crippen LogP contribution < -0.4 is 0 Å². The molecule has 0 amide bonds. The van der Waals surface area contributed by atoms with E-state index >= 15 is 0 Å². The quantitative estimate of drug-likeness (QED) is 0.243. The van der Waals surface area contributed by atoms with Gasteiger partial charge in [0.1, 0.15) is 0 Å². The summed E-state index contributed by atoms with van der Waals surface area (Å²) in [5, 5.41) is 0. The van der Waals surface area contributed by atoms with Gasteiger partial charge >= 0.3 is 0 Å². The Bertz CT molecular complexity index is 1220. The monoisotopic (exact) mass is 572 g/mol. The molecule has 155 valence electrons. The molecule has 0 saturated carbocycles. The first kappa shape index (κ1) is 21.0. The number of nitrogens with zero attached hydrogens (tertiary/aromatic N) is 2. The number of aryl methyl sites for hydroxylation is 1. The van der Waals surface area contributed by atoms with Crippen molar-refractivity contribution in [3.8, 4) is 17.1 Å². The number of hydrogen-bond donors (Lipinski definition) is 0. The minimum atomic E-state index is 0. The Morgan fingerprint density at radius 3 is 2.23 bits per heavy atom. The third kappa shape index (κ3) is 3.07. The summed E-state index contributed by atoms with van der Waals surface area (Å²) >= 11 is 0. The van der Waals surface area contributed by atoms with Crippen molar-refractivity contribution in [2.24, 2.45) is 0 Å². The molecule has 0 fully saturated rings. The second-order valence-electron chi connectivity index (χ2n) is 9.64. The van der Waals surface area contributed by atoms with E-state index in [0.29, 0.717) is 0 Å². The van der Waals surface area contributed by atoms with E-state index in [0.717, 1.165) is 29.0 Å². The number of hydrogen-bond acceptors (Lipinski definition) is 1. The third-order valence-electron chi connectivity index (χ3n) is 6.34. The third-order valence-corrected chi connectivity index (χ3v) is 6.34. The van der Waals surface area contributed by atoms with Crippen LogP contribution in [0.3, 0.4) is 0 Å². The SMILES string of the molecule is Cc1cc2nc(-c3[c-]cccc3)n(-c3ccccc3)c2c2c1C(C)(C)CC2(C)C.[Ir]. The van der Waals surface area contributed by atoms with Crippen LogP contribution in [0.5, 0.6) is 0 Å². The van der Waals surface area contributed by atoms with Crippen LogP contribution in [0.1, 0.15) is 50.8 Å². The molecule has 30 heavy (non-hydrogen) atoms. The molecule has 0 atom stereocenters. The Morgan fingerprint density at radius 2 is 1.57 bits per heavy atom. The van der Waals surface area contributed by atoms with E-state index in [9.17, 15) is 0 Å². The normalized spacial score (nSPS) is 16.3. The van der Waals surface area contributed by atoms with Gasteiger partial charge < -0.3 is 4.57 Å². The summed E-state index contributed by atoms with van der Waals surface area (Å²) in [6.45, 7) is 11.8. The largest absolute Gasteiger partial charge is 0.333 e. The van der Waals surface area contributed by atoms with Gasteiger partial charge in [-0.3, -0.25) is 4.98 Å². The Morgan fingerprint density at radius 1 is 0.900 bits per heavy atom. The summed E-state index contributed by atoms with van der Waals surface area (Å²) < 4.78 is 2.35. The average Bonchev–Trinajstić information content (AvgIpc) is 3.14. The van der Waals surface area contributed by atoms with Crippen LogP contribution in [0.2, 0.25) is 0 Å². The zero-order chi connectivity index (χ0) is 20.4. The van der Waals surface area contributed by atoms with Crippen molar-refractivity contribution in [1.29, 1.82) is 0 Å². The van der Waals surface area contributed by atoms with Crippen molar-refractivity contribution in [2.75, 3.05) is 0 Å². The van der Waals surface area contributed by atoms with Gasteiger partial charge in [0.2, 0.25) is 0 Å². The maximum atomic E-state index is 5.14. The summed E-state index contributed by atoms with van der Waals surface area (Å²) in [5.74, 6) is 0.958. The van der Waals surface area contributed by atoms with Crippen LogP contribution in [0.4, 0.5) is 0 Å². The molecule has 0 spiro atoms.